The molecule has 0 amide bonds. The van der Waals surface area contributed by atoms with E-state index in [1.165, 1.54) is 0 Å². The lowest BCUT2D eigenvalue weighted by atomic mass is 10.0. The van der Waals surface area contributed by atoms with E-state index >= 15 is 0 Å². The van der Waals surface area contributed by atoms with E-state index in [2.05, 4.69) is 25.1 Å². The Balaban J connectivity index is 2.30. The van der Waals surface area contributed by atoms with Gasteiger partial charge in [-0.3, -0.25) is 0 Å². The third kappa shape index (κ3) is 3.69. The molecule has 1 aliphatic rings. The summed E-state index contributed by atoms with van der Waals surface area (Å²) in [5.74, 6) is 2.73. The van der Waals surface area contributed by atoms with Gasteiger partial charge in [0.2, 0.25) is 0 Å². The van der Waals surface area contributed by atoms with Crippen LogP contribution in [0.2, 0.25) is 0 Å². The molecule has 0 aromatic carbocycles. The number of rotatable bonds is 4. The first-order valence-electron chi connectivity index (χ1n) is 5.57. The molecule has 1 N–H and O–H groups in total. The number of terminal acetylenes is 1. The van der Waals surface area contributed by atoms with Gasteiger partial charge in [-0.25, -0.2) is 0 Å². The molecule has 1 heterocycles. The fourth-order valence-electron chi connectivity index (χ4n) is 1.95. The molecule has 0 bridgehead atoms. The molecule has 1 rings (SSSR count). The summed E-state index contributed by atoms with van der Waals surface area (Å²) in [7, 11) is 0. The second-order valence-corrected chi connectivity index (χ2v) is 4.08. The Morgan fingerprint density at radius 3 is 3.00 bits per heavy atom. The summed E-state index contributed by atoms with van der Waals surface area (Å²) in [5, 5.41) is 3.61. The largest absolute Gasteiger partial charge is 0.378 e. The van der Waals surface area contributed by atoms with Crippen molar-refractivity contribution in [1.82, 2.24) is 5.32 Å². The van der Waals surface area contributed by atoms with Gasteiger partial charge in [0.15, 0.2) is 0 Å². The summed E-state index contributed by atoms with van der Waals surface area (Å²) in [6.07, 6.45) is 9.89. The van der Waals surface area contributed by atoms with Crippen molar-refractivity contribution in [3.8, 4) is 12.3 Å². The van der Waals surface area contributed by atoms with Crippen LogP contribution in [0.1, 0.15) is 39.5 Å². The number of hydrogen-bond acceptors (Lipinski definition) is 2. The molecule has 2 heteroatoms. The smallest absolute Gasteiger partial charge is 0.0561 e. The van der Waals surface area contributed by atoms with Crippen molar-refractivity contribution in [2.45, 2.75) is 57.7 Å². The lowest BCUT2D eigenvalue weighted by Crippen LogP contribution is -2.43. The predicted octanol–water partition coefficient (Wildman–Crippen LogP) is 1.95. The number of nitrogens with one attached hydrogen (secondary N) is 1. The number of hydrogen-bond donors (Lipinski definition) is 1. The topological polar surface area (TPSA) is 21.3 Å². The molecule has 3 atom stereocenters. The Labute approximate surface area is 87.4 Å². The minimum atomic E-state index is 0.393. The van der Waals surface area contributed by atoms with Crippen molar-refractivity contribution in [2.75, 3.05) is 6.61 Å². The third-order valence-corrected chi connectivity index (χ3v) is 2.81. The molecule has 2 nitrogen and oxygen atoms in total. The summed E-state index contributed by atoms with van der Waals surface area (Å²) in [6, 6.07) is 1.08. The van der Waals surface area contributed by atoms with Gasteiger partial charge in [0, 0.05) is 25.1 Å². The molecule has 1 aliphatic heterocycles. The fraction of sp³-hybridized carbons (Fsp3) is 0.833. The van der Waals surface area contributed by atoms with E-state index in [-0.39, 0.29) is 0 Å². The average Bonchev–Trinajstić information content (AvgIpc) is 2.17. The zero-order chi connectivity index (χ0) is 10.4. The molecule has 3 unspecified atom stereocenters. The lowest BCUT2D eigenvalue weighted by molar-refractivity contribution is 0.0113. The molecule has 1 fully saturated rings. The summed E-state index contributed by atoms with van der Waals surface area (Å²) >= 11 is 0. The molecule has 0 spiro atoms. The SMILES string of the molecule is C#CCC(CC)NC1CCOC(C)C1. The molecule has 80 valence electrons. The van der Waals surface area contributed by atoms with Crippen LogP contribution in [0.3, 0.4) is 0 Å². The van der Waals surface area contributed by atoms with Crippen molar-refractivity contribution in [3.63, 3.8) is 0 Å². The predicted molar refractivity (Wildman–Crippen MR) is 59.1 cm³/mol. The normalized spacial score (nSPS) is 29.5. The Morgan fingerprint density at radius 1 is 1.64 bits per heavy atom. The molecule has 0 aromatic rings. The van der Waals surface area contributed by atoms with Crippen molar-refractivity contribution in [1.29, 1.82) is 0 Å². The highest BCUT2D eigenvalue weighted by molar-refractivity contribution is 4.91. The van der Waals surface area contributed by atoms with Gasteiger partial charge in [-0.2, -0.15) is 0 Å². The quantitative estimate of drug-likeness (QED) is 0.692. The second kappa shape index (κ2) is 6.06. The summed E-state index contributed by atoms with van der Waals surface area (Å²) in [4.78, 5) is 0. The maximum atomic E-state index is 5.50. The molecule has 0 aliphatic carbocycles. The molecule has 0 radical (unpaired) electrons. The highest BCUT2D eigenvalue weighted by Gasteiger charge is 2.20. The van der Waals surface area contributed by atoms with E-state index in [0.29, 0.717) is 18.2 Å². The maximum absolute atomic E-state index is 5.50. The van der Waals surface area contributed by atoms with Gasteiger partial charge in [-0.05, 0) is 26.2 Å². The summed E-state index contributed by atoms with van der Waals surface area (Å²) in [5.41, 5.74) is 0. The van der Waals surface area contributed by atoms with E-state index < -0.39 is 0 Å². The van der Waals surface area contributed by atoms with Crippen LogP contribution in [0, 0.1) is 12.3 Å². The van der Waals surface area contributed by atoms with Crippen LogP contribution in [-0.4, -0.2) is 24.8 Å². The molecular formula is C12H21NO. The lowest BCUT2D eigenvalue weighted by Gasteiger charge is -2.30. The Bertz CT molecular complexity index is 197. The van der Waals surface area contributed by atoms with Crippen molar-refractivity contribution < 1.29 is 4.74 Å². The third-order valence-electron chi connectivity index (χ3n) is 2.81. The zero-order valence-electron chi connectivity index (χ0n) is 9.25. The van der Waals surface area contributed by atoms with E-state index in [0.717, 1.165) is 32.3 Å². The Kier molecular flexibility index (Phi) is 5.00. The highest BCUT2D eigenvalue weighted by atomic mass is 16.5. The zero-order valence-corrected chi connectivity index (χ0v) is 9.25. The fourth-order valence-corrected chi connectivity index (χ4v) is 1.95. The first-order valence-corrected chi connectivity index (χ1v) is 5.57. The van der Waals surface area contributed by atoms with Gasteiger partial charge in [-0.1, -0.05) is 6.92 Å². The van der Waals surface area contributed by atoms with Gasteiger partial charge in [0.05, 0.1) is 6.10 Å². The second-order valence-electron chi connectivity index (χ2n) is 4.08. The van der Waals surface area contributed by atoms with Crippen molar-refractivity contribution in [3.05, 3.63) is 0 Å². The maximum Gasteiger partial charge on any atom is 0.0561 e. The van der Waals surface area contributed by atoms with Crippen LogP contribution in [0.5, 0.6) is 0 Å². The van der Waals surface area contributed by atoms with Crippen LogP contribution in [-0.2, 0) is 4.74 Å². The highest BCUT2D eigenvalue weighted by Crippen LogP contribution is 2.14. The Hall–Kier alpha value is -0.520. The van der Waals surface area contributed by atoms with Gasteiger partial charge >= 0.3 is 0 Å². The van der Waals surface area contributed by atoms with E-state index in [9.17, 15) is 0 Å². The van der Waals surface area contributed by atoms with E-state index in [1.54, 1.807) is 0 Å². The van der Waals surface area contributed by atoms with E-state index in [4.69, 9.17) is 11.2 Å². The van der Waals surface area contributed by atoms with Gasteiger partial charge < -0.3 is 10.1 Å². The molecule has 0 saturated carbocycles. The molecule has 1 saturated heterocycles. The molecular weight excluding hydrogens is 174 g/mol. The van der Waals surface area contributed by atoms with Crippen molar-refractivity contribution >= 4 is 0 Å². The number of ether oxygens (including phenoxy) is 1. The Morgan fingerprint density at radius 2 is 2.43 bits per heavy atom. The van der Waals surface area contributed by atoms with E-state index in [1.807, 2.05) is 0 Å². The first-order chi connectivity index (χ1) is 6.76. The first kappa shape index (κ1) is 11.6. The minimum absolute atomic E-state index is 0.393. The van der Waals surface area contributed by atoms with Crippen LogP contribution < -0.4 is 5.32 Å². The molecule has 14 heavy (non-hydrogen) atoms. The van der Waals surface area contributed by atoms with Crippen molar-refractivity contribution in [2.24, 2.45) is 0 Å². The summed E-state index contributed by atoms with van der Waals surface area (Å²) < 4.78 is 5.50. The van der Waals surface area contributed by atoms with Gasteiger partial charge in [0.25, 0.3) is 0 Å². The molecule has 0 aromatic heterocycles. The average molecular weight is 195 g/mol. The van der Waals surface area contributed by atoms with Gasteiger partial charge in [0.1, 0.15) is 0 Å². The standard InChI is InChI=1S/C12H21NO/c1-4-6-11(5-2)13-12-7-8-14-10(3)9-12/h1,10-13H,5-9H2,2-3H3. The minimum Gasteiger partial charge on any atom is -0.378 e. The monoisotopic (exact) mass is 195 g/mol. The van der Waals surface area contributed by atoms with Crippen LogP contribution in [0.15, 0.2) is 0 Å². The van der Waals surface area contributed by atoms with Crippen LogP contribution in [0.25, 0.3) is 0 Å². The van der Waals surface area contributed by atoms with Crippen LogP contribution >= 0.6 is 0 Å². The van der Waals surface area contributed by atoms with Crippen LogP contribution in [0.4, 0.5) is 0 Å². The van der Waals surface area contributed by atoms with Gasteiger partial charge in [-0.15, -0.1) is 12.3 Å². The summed E-state index contributed by atoms with van der Waals surface area (Å²) in [6.45, 7) is 5.19.